The normalized spacial score (nSPS) is 12.7. The van der Waals surface area contributed by atoms with Gasteiger partial charge in [-0.2, -0.15) is 0 Å². The summed E-state index contributed by atoms with van der Waals surface area (Å²) in [5, 5.41) is 2.89. The van der Waals surface area contributed by atoms with E-state index in [2.05, 4.69) is 24.4 Å². The number of esters is 1. The van der Waals surface area contributed by atoms with Gasteiger partial charge in [0, 0.05) is 18.9 Å². The minimum atomic E-state index is -0.809. The zero-order valence-electron chi connectivity index (χ0n) is 16.8. The van der Waals surface area contributed by atoms with Crippen molar-refractivity contribution in [1.29, 1.82) is 0 Å². The number of amides is 1. The highest BCUT2D eigenvalue weighted by atomic mass is 16.5. The van der Waals surface area contributed by atoms with Crippen LogP contribution in [0, 0.1) is 0 Å². The van der Waals surface area contributed by atoms with Gasteiger partial charge in [-0.05, 0) is 43.0 Å². The SMILES string of the molecule is CC[C@@H](CNC(=O)[C@@H](C)OC(=O)CCc1ccc(OC)cc1)c1ccccc1. The molecule has 0 heterocycles. The van der Waals surface area contributed by atoms with Crippen LogP contribution in [0.1, 0.15) is 43.7 Å². The Balaban J connectivity index is 1.75. The summed E-state index contributed by atoms with van der Waals surface area (Å²) in [5.74, 6) is 0.362. The predicted molar refractivity (Wildman–Crippen MR) is 109 cm³/mol. The first-order valence-corrected chi connectivity index (χ1v) is 9.68. The molecule has 0 saturated heterocycles. The molecule has 2 rings (SSSR count). The van der Waals surface area contributed by atoms with Crippen LogP contribution in [-0.4, -0.2) is 31.6 Å². The highest BCUT2D eigenvalue weighted by molar-refractivity contribution is 5.83. The molecule has 2 atom stereocenters. The lowest BCUT2D eigenvalue weighted by Crippen LogP contribution is -2.38. The molecular weight excluding hydrogens is 354 g/mol. The molecule has 150 valence electrons. The quantitative estimate of drug-likeness (QED) is 0.633. The van der Waals surface area contributed by atoms with Crippen LogP contribution in [0.2, 0.25) is 0 Å². The minimum Gasteiger partial charge on any atom is -0.497 e. The fraction of sp³-hybridized carbons (Fsp3) is 0.391. The summed E-state index contributed by atoms with van der Waals surface area (Å²) < 4.78 is 10.4. The van der Waals surface area contributed by atoms with Gasteiger partial charge in [0.1, 0.15) is 5.75 Å². The van der Waals surface area contributed by atoms with E-state index in [4.69, 9.17) is 9.47 Å². The summed E-state index contributed by atoms with van der Waals surface area (Å²) in [6.07, 6.45) is 0.895. The van der Waals surface area contributed by atoms with Crippen molar-refractivity contribution in [1.82, 2.24) is 5.32 Å². The molecule has 0 aliphatic rings. The number of carbonyl (C=O) groups is 2. The highest BCUT2D eigenvalue weighted by Crippen LogP contribution is 2.18. The van der Waals surface area contributed by atoms with Crippen molar-refractivity contribution in [3.8, 4) is 5.75 Å². The smallest absolute Gasteiger partial charge is 0.306 e. The number of nitrogens with one attached hydrogen (secondary N) is 1. The Hall–Kier alpha value is -2.82. The Morgan fingerprint density at radius 3 is 2.32 bits per heavy atom. The molecule has 0 saturated carbocycles. The largest absolute Gasteiger partial charge is 0.497 e. The maximum Gasteiger partial charge on any atom is 0.306 e. The van der Waals surface area contributed by atoms with Gasteiger partial charge in [-0.15, -0.1) is 0 Å². The van der Waals surface area contributed by atoms with Crippen LogP contribution in [0.15, 0.2) is 54.6 Å². The third-order valence-corrected chi connectivity index (χ3v) is 4.74. The molecule has 28 heavy (non-hydrogen) atoms. The van der Waals surface area contributed by atoms with E-state index >= 15 is 0 Å². The summed E-state index contributed by atoms with van der Waals surface area (Å²) in [6, 6.07) is 17.6. The molecule has 5 heteroatoms. The van der Waals surface area contributed by atoms with Crippen molar-refractivity contribution in [3.05, 3.63) is 65.7 Å². The van der Waals surface area contributed by atoms with Gasteiger partial charge in [0.2, 0.25) is 0 Å². The summed E-state index contributed by atoms with van der Waals surface area (Å²) in [7, 11) is 1.61. The zero-order valence-corrected chi connectivity index (χ0v) is 16.8. The zero-order chi connectivity index (χ0) is 20.4. The fourth-order valence-electron chi connectivity index (χ4n) is 2.94. The topological polar surface area (TPSA) is 64.6 Å². The fourth-order valence-corrected chi connectivity index (χ4v) is 2.94. The molecule has 2 aromatic rings. The first-order chi connectivity index (χ1) is 13.5. The molecule has 0 spiro atoms. The second kappa shape index (κ2) is 11.1. The van der Waals surface area contributed by atoms with Crippen molar-refractivity contribution in [2.45, 2.75) is 45.1 Å². The number of ether oxygens (including phenoxy) is 2. The van der Waals surface area contributed by atoms with Gasteiger partial charge in [-0.1, -0.05) is 49.4 Å². The Bertz CT molecular complexity index is 743. The number of hydrogen-bond acceptors (Lipinski definition) is 4. The van der Waals surface area contributed by atoms with Gasteiger partial charge < -0.3 is 14.8 Å². The molecule has 1 amide bonds. The van der Waals surface area contributed by atoms with Gasteiger partial charge in [0.15, 0.2) is 6.10 Å². The van der Waals surface area contributed by atoms with Crippen molar-refractivity contribution < 1.29 is 19.1 Å². The van der Waals surface area contributed by atoms with Crippen LogP contribution in [-0.2, 0) is 20.7 Å². The number of methoxy groups -OCH3 is 1. The van der Waals surface area contributed by atoms with E-state index in [1.807, 2.05) is 42.5 Å². The standard InChI is InChI=1S/C23H29NO4/c1-4-19(20-8-6-5-7-9-20)16-24-23(26)17(2)28-22(25)15-12-18-10-13-21(27-3)14-11-18/h5-11,13-14,17,19H,4,12,15-16H2,1-3H3,(H,24,26)/t17-,19+/m1/s1. The Morgan fingerprint density at radius 2 is 1.71 bits per heavy atom. The van der Waals surface area contributed by atoms with E-state index in [1.165, 1.54) is 5.56 Å². The van der Waals surface area contributed by atoms with Gasteiger partial charge in [-0.3, -0.25) is 9.59 Å². The lowest BCUT2D eigenvalue weighted by atomic mass is 9.96. The molecule has 0 aromatic heterocycles. The van der Waals surface area contributed by atoms with Crippen LogP contribution in [0.3, 0.4) is 0 Å². The van der Waals surface area contributed by atoms with Crippen molar-refractivity contribution in [2.75, 3.05) is 13.7 Å². The lowest BCUT2D eigenvalue weighted by Gasteiger charge is -2.18. The van der Waals surface area contributed by atoms with Crippen molar-refractivity contribution >= 4 is 11.9 Å². The molecule has 0 fully saturated rings. The second-order valence-electron chi connectivity index (χ2n) is 6.74. The van der Waals surface area contributed by atoms with Crippen LogP contribution in [0.5, 0.6) is 5.75 Å². The van der Waals surface area contributed by atoms with Gasteiger partial charge in [0.05, 0.1) is 7.11 Å². The van der Waals surface area contributed by atoms with E-state index in [1.54, 1.807) is 14.0 Å². The molecule has 0 aliphatic heterocycles. The molecule has 0 unspecified atom stereocenters. The number of hydrogen-bond donors (Lipinski definition) is 1. The Morgan fingerprint density at radius 1 is 1.04 bits per heavy atom. The predicted octanol–water partition coefficient (Wildman–Crippen LogP) is 3.87. The summed E-state index contributed by atoms with van der Waals surface area (Å²) in [6.45, 7) is 4.21. The average molecular weight is 383 g/mol. The molecule has 0 bridgehead atoms. The molecule has 0 aliphatic carbocycles. The third kappa shape index (κ3) is 6.72. The van der Waals surface area contributed by atoms with Crippen LogP contribution in [0.25, 0.3) is 0 Å². The number of rotatable bonds is 10. The van der Waals surface area contributed by atoms with Gasteiger partial charge >= 0.3 is 5.97 Å². The van der Waals surface area contributed by atoms with Crippen LogP contribution < -0.4 is 10.1 Å². The van der Waals surface area contributed by atoms with E-state index in [9.17, 15) is 9.59 Å². The molecule has 5 nitrogen and oxygen atoms in total. The Labute approximate surface area is 167 Å². The molecule has 0 radical (unpaired) electrons. The van der Waals surface area contributed by atoms with Crippen LogP contribution in [0.4, 0.5) is 0 Å². The van der Waals surface area contributed by atoms with Crippen molar-refractivity contribution in [3.63, 3.8) is 0 Å². The Kier molecular flexibility index (Phi) is 8.53. The van der Waals surface area contributed by atoms with E-state index in [0.29, 0.717) is 13.0 Å². The maximum absolute atomic E-state index is 12.3. The molecular formula is C23H29NO4. The summed E-state index contributed by atoms with van der Waals surface area (Å²) in [5.41, 5.74) is 2.21. The number of benzene rings is 2. The third-order valence-electron chi connectivity index (χ3n) is 4.74. The second-order valence-corrected chi connectivity index (χ2v) is 6.74. The van der Waals surface area contributed by atoms with Gasteiger partial charge in [0.25, 0.3) is 5.91 Å². The first kappa shape index (κ1) is 21.5. The summed E-state index contributed by atoms with van der Waals surface area (Å²) >= 11 is 0. The minimum absolute atomic E-state index is 0.228. The van der Waals surface area contributed by atoms with E-state index < -0.39 is 6.10 Å². The average Bonchev–Trinajstić information content (AvgIpc) is 2.73. The number of aryl methyl sites for hydroxylation is 1. The first-order valence-electron chi connectivity index (χ1n) is 9.68. The van der Waals surface area contributed by atoms with Gasteiger partial charge in [-0.25, -0.2) is 0 Å². The van der Waals surface area contributed by atoms with E-state index in [-0.39, 0.29) is 24.2 Å². The molecule has 2 aromatic carbocycles. The maximum atomic E-state index is 12.3. The van der Waals surface area contributed by atoms with Crippen LogP contribution >= 0.6 is 0 Å². The van der Waals surface area contributed by atoms with Crippen molar-refractivity contribution in [2.24, 2.45) is 0 Å². The lowest BCUT2D eigenvalue weighted by molar-refractivity contribution is -0.154. The number of carbonyl (C=O) groups excluding carboxylic acids is 2. The van der Waals surface area contributed by atoms with E-state index in [0.717, 1.165) is 17.7 Å². The molecule has 1 N–H and O–H groups in total. The highest BCUT2D eigenvalue weighted by Gasteiger charge is 2.19. The monoisotopic (exact) mass is 383 g/mol. The summed E-state index contributed by atoms with van der Waals surface area (Å²) in [4.78, 5) is 24.3.